The average Bonchev–Trinajstić information content (AvgIpc) is 2.76. The standard InChI is InChI=1S/C22H27FN4O3/c1-30-20-8-2-17(3-9-20)15-26-10-12-27(13-11-26)16-22(29)24-14-21(28)25-19-6-4-18(23)5-7-19/h2-9H,10-16H2,1H3,(H,24,29)(H,25,28). The van der Waals surface area contributed by atoms with Crippen LogP contribution in [0.25, 0.3) is 0 Å². The third-order valence-electron chi connectivity index (χ3n) is 4.97. The zero-order valence-electron chi connectivity index (χ0n) is 17.1. The fraction of sp³-hybridized carbons (Fsp3) is 0.364. The molecule has 2 amide bonds. The van der Waals surface area contributed by atoms with Crippen molar-refractivity contribution < 1.29 is 18.7 Å². The molecule has 30 heavy (non-hydrogen) atoms. The second-order valence-corrected chi connectivity index (χ2v) is 7.23. The number of carbonyl (C=O) groups is 2. The summed E-state index contributed by atoms with van der Waals surface area (Å²) in [4.78, 5) is 28.5. The van der Waals surface area contributed by atoms with Gasteiger partial charge in [-0.3, -0.25) is 19.4 Å². The lowest BCUT2D eigenvalue weighted by molar-refractivity contribution is -0.125. The van der Waals surface area contributed by atoms with Crippen LogP contribution in [0.4, 0.5) is 10.1 Å². The van der Waals surface area contributed by atoms with Crippen LogP contribution in [0, 0.1) is 5.82 Å². The molecule has 8 heteroatoms. The Morgan fingerprint density at radius 3 is 2.20 bits per heavy atom. The highest BCUT2D eigenvalue weighted by atomic mass is 19.1. The molecule has 160 valence electrons. The molecular formula is C22H27FN4O3. The van der Waals surface area contributed by atoms with E-state index in [4.69, 9.17) is 4.74 Å². The maximum Gasteiger partial charge on any atom is 0.243 e. The maximum absolute atomic E-state index is 12.9. The second-order valence-electron chi connectivity index (χ2n) is 7.23. The van der Waals surface area contributed by atoms with Gasteiger partial charge in [0.1, 0.15) is 11.6 Å². The Balaban J connectivity index is 1.33. The summed E-state index contributed by atoms with van der Waals surface area (Å²) in [6.07, 6.45) is 0. The number of rotatable bonds is 8. The van der Waals surface area contributed by atoms with E-state index in [1.165, 1.54) is 29.8 Å². The number of benzene rings is 2. The van der Waals surface area contributed by atoms with E-state index >= 15 is 0 Å². The Morgan fingerprint density at radius 1 is 0.933 bits per heavy atom. The SMILES string of the molecule is COc1ccc(CN2CCN(CC(=O)NCC(=O)Nc3ccc(F)cc3)CC2)cc1. The zero-order chi connectivity index (χ0) is 21.3. The van der Waals surface area contributed by atoms with E-state index in [2.05, 4.69) is 32.6 Å². The molecule has 0 aromatic heterocycles. The van der Waals surface area contributed by atoms with Gasteiger partial charge in [0.15, 0.2) is 0 Å². The third kappa shape index (κ3) is 6.82. The Kier molecular flexibility index (Phi) is 7.75. The smallest absolute Gasteiger partial charge is 0.243 e. The monoisotopic (exact) mass is 414 g/mol. The minimum atomic E-state index is -0.370. The number of anilines is 1. The molecule has 3 rings (SSSR count). The predicted octanol–water partition coefficient (Wildman–Crippen LogP) is 1.71. The molecule has 0 spiro atoms. The number of nitrogens with one attached hydrogen (secondary N) is 2. The van der Waals surface area contributed by atoms with Crippen molar-refractivity contribution in [3.63, 3.8) is 0 Å². The van der Waals surface area contributed by atoms with Gasteiger partial charge in [-0.15, -0.1) is 0 Å². The van der Waals surface area contributed by atoms with Crippen LogP contribution in [0.15, 0.2) is 48.5 Å². The van der Waals surface area contributed by atoms with E-state index in [0.717, 1.165) is 38.5 Å². The molecule has 0 atom stereocenters. The average molecular weight is 414 g/mol. The fourth-order valence-electron chi connectivity index (χ4n) is 3.27. The largest absolute Gasteiger partial charge is 0.497 e. The Bertz CT molecular complexity index is 834. The number of amides is 2. The van der Waals surface area contributed by atoms with E-state index in [-0.39, 0.29) is 30.7 Å². The number of methoxy groups -OCH3 is 1. The highest BCUT2D eigenvalue weighted by molar-refractivity contribution is 5.94. The van der Waals surface area contributed by atoms with Gasteiger partial charge in [-0.25, -0.2) is 4.39 Å². The van der Waals surface area contributed by atoms with Gasteiger partial charge in [0.2, 0.25) is 11.8 Å². The lowest BCUT2D eigenvalue weighted by atomic mass is 10.2. The van der Waals surface area contributed by atoms with Gasteiger partial charge < -0.3 is 15.4 Å². The van der Waals surface area contributed by atoms with Crippen molar-refractivity contribution in [2.24, 2.45) is 0 Å². The number of piperazine rings is 1. The molecular weight excluding hydrogens is 387 g/mol. The van der Waals surface area contributed by atoms with E-state index < -0.39 is 0 Å². The van der Waals surface area contributed by atoms with Gasteiger partial charge in [-0.1, -0.05) is 12.1 Å². The summed E-state index contributed by atoms with van der Waals surface area (Å²) in [7, 11) is 1.66. The summed E-state index contributed by atoms with van der Waals surface area (Å²) < 4.78 is 18.1. The predicted molar refractivity (Wildman–Crippen MR) is 113 cm³/mol. The van der Waals surface area contributed by atoms with Crippen LogP contribution < -0.4 is 15.4 Å². The van der Waals surface area contributed by atoms with Crippen molar-refractivity contribution in [2.75, 3.05) is 51.7 Å². The van der Waals surface area contributed by atoms with Crippen molar-refractivity contribution in [3.8, 4) is 5.75 Å². The van der Waals surface area contributed by atoms with Crippen LogP contribution in [0.3, 0.4) is 0 Å². The van der Waals surface area contributed by atoms with Gasteiger partial charge >= 0.3 is 0 Å². The van der Waals surface area contributed by atoms with Crippen LogP contribution in [0.1, 0.15) is 5.56 Å². The second kappa shape index (κ2) is 10.7. The molecule has 0 aliphatic carbocycles. The topological polar surface area (TPSA) is 73.9 Å². The third-order valence-corrected chi connectivity index (χ3v) is 4.97. The minimum absolute atomic E-state index is 0.117. The Labute approximate surface area is 175 Å². The Morgan fingerprint density at radius 2 is 1.57 bits per heavy atom. The molecule has 1 fully saturated rings. The van der Waals surface area contributed by atoms with Crippen molar-refractivity contribution in [1.82, 2.24) is 15.1 Å². The van der Waals surface area contributed by atoms with Crippen LogP contribution in [-0.4, -0.2) is 68.0 Å². The maximum atomic E-state index is 12.9. The highest BCUT2D eigenvalue weighted by Crippen LogP contribution is 2.14. The summed E-state index contributed by atoms with van der Waals surface area (Å²) in [6, 6.07) is 13.5. The van der Waals surface area contributed by atoms with Crippen LogP contribution in [0.5, 0.6) is 5.75 Å². The van der Waals surface area contributed by atoms with Crippen LogP contribution in [0.2, 0.25) is 0 Å². The molecule has 1 saturated heterocycles. The quantitative estimate of drug-likeness (QED) is 0.688. The van der Waals surface area contributed by atoms with Crippen molar-refractivity contribution >= 4 is 17.5 Å². The van der Waals surface area contributed by atoms with Crippen molar-refractivity contribution in [2.45, 2.75) is 6.54 Å². The van der Waals surface area contributed by atoms with Gasteiger partial charge in [-0.2, -0.15) is 0 Å². The number of hydrogen-bond acceptors (Lipinski definition) is 5. The first-order valence-corrected chi connectivity index (χ1v) is 9.91. The lowest BCUT2D eigenvalue weighted by Gasteiger charge is -2.34. The molecule has 0 saturated carbocycles. The van der Waals surface area contributed by atoms with Gasteiger partial charge in [0.25, 0.3) is 0 Å². The summed E-state index contributed by atoms with van der Waals surface area (Å²) in [6.45, 7) is 4.37. The number of hydrogen-bond donors (Lipinski definition) is 2. The zero-order valence-corrected chi connectivity index (χ0v) is 17.1. The van der Waals surface area contributed by atoms with Crippen molar-refractivity contribution in [3.05, 3.63) is 59.9 Å². The van der Waals surface area contributed by atoms with E-state index in [9.17, 15) is 14.0 Å². The van der Waals surface area contributed by atoms with Gasteiger partial charge in [-0.05, 0) is 42.0 Å². The fourth-order valence-corrected chi connectivity index (χ4v) is 3.27. The first-order valence-electron chi connectivity index (χ1n) is 9.91. The van der Waals surface area contributed by atoms with E-state index in [1.54, 1.807) is 7.11 Å². The van der Waals surface area contributed by atoms with Crippen molar-refractivity contribution in [1.29, 1.82) is 0 Å². The minimum Gasteiger partial charge on any atom is -0.497 e. The van der Waals surface area contributed by atoms with E-state index in [0.29, 0.717) is 5.69 Å². The van der Waals surface area contributed by atoms with Crippen LogP contribution >= 0.6 is 0 Å². The number of carbonyl (C=O) groups excluding carboxylic acids is 2. The van der Waals surface area contributed by atoms with E-state index in [1.807, 2.05) is 12.1 Å². The number of ether oxygens (including phenoxy) is 1. The van der Waals surface area contributed by atoms with Gasteiger partial charge in [0.05, 0.1) is 20.2 Å². The van der Waals surface area contributed by atoms with Crippen LogP contribution in [-0.2, 0) is 16.1 Å². The summed E-state index contributed by atoms with van der Waals surface area (Å²) in [5.74, 6) is -0.0570. The molecule has 1 aliphatic rings. The normalized spacial score (nSPS) is 14.9. The lowest BCUT2D eigenvalue weighted by Crippen LogP contribution is -2.49. The number of nitrogens with zero attached hydrogens (tertiary/aromatic N) is 2. The molecule has 2 N–H and O–H groups in total. The highest BCUT2D eigenvalue weighted by Gasteiger charge is 2.19. The molecule has 0 unspecified atom stereocenters. The van der Waals surface area contributed by atoms with Gasteiger partial charge in [0, 0.05) is 38.4 Å². The molecule has 7 nitrogen and oxygen atoms in total. The molecule has 1 aliphatic heterocycles. The number of halogens is 1. The Hall–Kier alpha value is -2.97. The molecule has 2 aromatic carbocycles. The first kappa shape index (κ1) is 21.7. The summed E-state index contributed by atoms with van der Waals surface area (Å²) >= 11 is 0. The molecule has 2 aromatic rings. The summed E-state index contributed by atoms with van der Waals surface area (Å²) in [5.41, 5.74) is 1.72. The molecule has 1 heterocycles. The molecule has 0 radical (unpaired) electrons. The molecule has 0 bridgehead atoms. The first-order chi connectivity index (χ1) is 14.5. The summed E-state index contributed by atoms with van der Waals surface area (Å²) in [5, 5.41) is 5.25.